The Labute approximate surface area is 169 Å². The molecule has 154 valence electrons. The van der Waals surface area contributed by atoms with E-state index in [4.69, 9.17) is 15.2 Å². The Balaban J connectivity index is 1.36. The van der Waals surface area contributed by atoms with Crippen molar-refractivity contribution in [2.45, 2.75) is 18.9 Å². The van der Waals surface area contributed by atoms with E-state index in [9.17, 15) is 9.59 Å². The van der Waals surface area contributed by atoms with E-state index in [2.05, 4.69) is 9.88 Å². The number of fused-ring (bicyclic) bond motifs is 1. The second-order valence-electron chi connectivity index (χ2n) is 7.45. The predicted molar refractivity (Wildman–Crippen MR) is 109 cm³/mol. The summed E-state index contributed by atoms with van der Waals surface area (Å²) in [4.78, 5) is 32.2. The van der Waals surface area contributed by atoms with E-state index in [0.29, 0.717) is 31.9 Å². The van der Waals surface area contributed by atoms with Gasteiger partial charge in [0.2, 0.25) is 11.8 Å². The average Bonchev–Trinajstić information content (AvgIpc) is 2.77. The first-order valence-electron chi connectivity index (χ1n) is 10.0. The molecule has 0 aliphatic carbocycles. The number of rotatable bonds is 5. The smallest absolute Gasteiger partial charge is 0.248 e. The molecule has 2 aliphatic heterocycles. The second kappa shape index (κ2) is 8.75. The van der Waals surface area contributed by atoms with Gasteiger partial charge in [0.15, 0.2) is 0 Å². The summed E-state index contributed by atoms with van der Waals surface area (Å²) in [6.07, 6.45) is 5.36. The predicted octanol–water partition coefficient (Wildman–Crippen LogP) is 1.18. The topological polar surface area (TPSA) is 98.0 Å². The zero-order valence-electron chi connectivity index (χ0n) is 16.4. The van der Waals surface area contributed by atoms with Crippen LogP contribution in [-0.2, 0) is 14.3 Å². The quantitative estimate of drug-likeness (QED) is 0.812. The Morgan fingerprint density at radius 3 is 2.62 bits per heavy atom. The van der Waals surface area contributed by atoms with Crippen molar-refractivity contribution in [2.75, 3.05) is 50.9 Å². The summed E-state index contributed by atoms with van der Waals surface area (Å²) in [6, 6.07) is 5.43. The summed E-state index contributed by atoms with van der Waals surface area (Å²) in [5.41, 5.74) is 6.92. The van der Waals surface area contributed by atoms with Gasteiger partial charge in [0.25, 0.3) is 0 Å². The molecule has 3 heterocycles. The first-order chi connectivity index (χ1) is 14.1. The lowest BCUT2D eigenvalue weighted by atomic mass is 10.0. The highest BCUT2D eigenvalue weighted by Gasteiger charge is 2.24. The van der Waals surface area contributed by atoms with E-state index in [1.807, 2.05) is 18.3 Å². The van der Waals surface area contributed by atoms with Gasteiger partial charge < -0.3 is 25.0 Å². The van der Waals surface area contributed by atoms with Crippen molar-refractivity contribution >= 4 is 28.3 Å². The van der Waals surface area contributed by atoms with Gasteiger partial charge in [-0.3, -0.25) is 14.6 Å². The number of primary amides is 1. The van der Waals surface area contributed by atoms with E-state index in [0.717, 1.165) is 42.4 Å². The summed E-state index contributed by atoms with van der Waals surface area (Å²) >= 11 is 0. The highest BCUT2D eigenvalue weighted by atomic mass is 16.5. The number of nitrogens with two attached hydrogens (primary N) is 1. The maximum absolute atomic E-state index is 12.2. The van der Waals surface area contributed by atoms with Crippen LogP contribution in [0.4, 0.5) is 5.69 Å². The second-order valence-corrected chi connectivity index (χ2v) is 7.45. The number of morpholine rings is 1. The van der Waals surface area contributed by atoms with Crippen LogP contribution in [0.5, 0.6) is 0 Å². The molecular formula is C21H26N4O4. The number of anilines is 1. The third kappa shape index (κ3) is 4.49. The number of benzene rings is 1. The number of amides is 2. The number of ether oxygens (including phenoxy) is 2. The Hall–Kier alpha value is -2.71. The van der Waals surface area contributed by atoms with Crippen LogP contribution in [0.15, 0.2) is 30.6 Å². The lowest BCUT2D eigenvalue weighted by Crippen LogP contribution is -2.44. The van der Waals surface area contributed by atoms with Crippen LogP contribution >= 0.6 is 0 Å². The molecule has 8 nitrogen and oxygen atoms in total. The molecule has 1 aromatic heterocycles. The number of carbonyl (C=O) groups excluding carboxylic acids is 2. The van der Waals surface area contributed by atoms with Crippen LogP contribution in [0, 0.1) is 0 Å². The molecule has 0 atom stereocenters. The molecule has 4 rings (SSSR count). The first-order valence-corrected chi connectivity index (χ1v) is 10.0. The van der Waals surface area contributed by atoms with Crippen molar-refractivity contribution in [2.24, 2.45) is 5.73 Å². The molecule has 2 amide bonds. The highest BCUT2D eigenvalue weighted by molar-refractivity contribution is 6.01. The van der Waals surface area contributed by atoms with Crippen molar-refractivity contribution in [1.29, 1.82) is 0 Å². The van der Waals surface area contributed by atoms with E-state index in [-0.39, 0.29) is 18.6 Å². The van der Waals surface area contributed by atoms with Crippen molar-refractivity contribution < 1.29 is 19.1 Å². The number of carbonyl (C=O) groups is 2. The Morgan fingerprint density at radius 2 is 1.90 bits per heavy atom. The zero-order valence-corrected chi connectivity index (χ0v) is 16.4. The molecule has 2 fully saturated rings. The molecule has 2 aromatic rings. The number of piperidine rings is 1. The summed E-state index contributed by atoms with van der Waals surface area (Å²) in [7, 11) is 0. The molecule has 2 N–H and O–H groups in total. The maximum Gasteiger partial charge on any atom is 0.248 e. The zero-order chi connectivity index (χ0) is 20.2. The Morgan fingerprint density at radius 1 is 1.14 bits per heavy atom. The summed E-state index contributed by atoms with van der Waals surface area (Å²) < 4.78 is 11.2. The molecule has 2 saturated heterocycles. The summed E-state index contributed by atoms with van der Waals surface area (Å²) in [6.45, 7) is 4.21. The molecule has 1 aromatic carbocycles. The minimum atomic E-state index is -0.438. The summed E-state index contributed by atoms with van der Waals surface area (Å²) in [5.74, 6) is -0.403. The van der Waals surface area contributed by atoms with Crippen molar-refractivity contribution in [3.8, 4) is 0 Å². The fourth-order valence-electron chi connectivity index (χ4n) is 3.91. The van der Waals surface area contributed by atoms with Gasteiger partial charge in [-0.05, 0) is 25.0 Å². The van der Waals surface area contributed by atoms with Crippen LogP contribution in [0.3, 0.4) is 0 Å². The van der Waals surface area contributed by atoms with E-state index < -0.39 is 5.91 Å². The standard InChI is InChI=1S/C21H26N4O4/c22-21(27)15-1-2-16-12-23-13-19(18(16)11-15)24-5-3-17(4-6-24)29-14-20(26)25-7-9-28-10-8-25/h1-2,11-13,17H,3-10,14H2,(H2,22,27). The lowest BCUT2D eigenvalue weighted by molar-refractivity contribution is -0.142. The van der Waals surface area contributed by atoms with E-state index >= 15 is 0 Å². The lowest BCUT2D eigenvalue weighted by Gasteiger charge is -2.34. The first kappa shape index (κ1) is 19.6. The molecule has 0 spiro atoms. The monoisotopic (exact) mass is 398 g/mol. The van der Waals surface area contributed by atoms with Crippen LogP contribution in [-0.4, -0.2) is 73.8 Å². The highest BCUT2D eigenvalue weighted by Crippen LogP contribution is 2.29. The number of pyridine rings is 1. The third-order valence-electron chi connectivity index (χ3n) is 5.61. The molecule has 8 heteroatoms. The van der Waals surface area contributed by atoms with Crippen LogP contribution in [0.1, 0.15) is 23.2 Å². The largest absolute Gasteiger partial charge is 0.378 e. The van der Waals surface area contributed by atoms with Gasteiger partial charge in [-0.25, -0.2) is 0 Å². The minimum Gasteiger partial charge on any atom is -0.378 e. The van der Waals surface area contributed by atoms with Gasteiger partial charge in [0, 0.05) is 48.7 Å². The molecule has 0 unspecified atom stereocenters. The van der Waals surface area contributed by atoms with Crippen molar-refractivity contribution in [3.63, 3.8) is 0 Å². The van der Waals surface area contributed by atoms with Gasteiger partial charge in [-0.2, -0.15) is 0 Å². The van der Waals surface area contributed by atoms with Crippen LogP contribution in [0.25, 0.3) is 10.8 Å². The number of nitrogens with zero attached hydrogens (tertiary/aromatic N) is 3. The molecular weight excluding hydrogens is 372 g/mol. The number of aromatic nitrogens is 1. The van der Waals surface area contributed by atoms with E-state index in [1.165, 1.54) is 0 Å². The van der Waals surface area contributed by atoms with Gasteiger partial charge in [-0.1, -0.05) is 6.07 Å². The maximum atomic E-state index is 12.2. The van der Waals surface area contributed by atoms with Crippen molar-refractivity contribution in [1.82, 2.24) is 9.88 Å². The average molecular weight is 398 g/mol. The van der Waals surface area contributed by atoms with E-state index in [1.54, 1.807) is 17.2 Å². The van der Waals surface area contributed by atoms with Gasteiger partial charge in [0.1, 0.15) is 6.61 Å². The normalized spacial score (nSPS) is 18.2. The summed E-state index contributed by atoms with van der Waals surface area (Å²) in [5, 5.41) is 1.94. The fraction of sp³-hybridized carbons (Fsp3) is 0.476. The van der Waals surface area contributed by atoms with Crippen LogP contribution in [0.2, 0.25) is 0 Å². The van der Waals surface area contributed by atoms with Crippen molar-refractivity contribution in [3.05, 3.63) is 36.2 Å². The Kier molecular flexibility index (Phi) is 5.92. The SMILES string of the molecule is NC(=O)c1ccc2cncc(N3CCC(OCC(=O)N4CCOCC4)CC3)c2c1. The molecule has 29 heavy (non-hydrogen) atoms. The van der Waals surface area contributed by atoms with Crippen LogP contribution < -0.4 is 10.6 Å². The van der Waals surface area contributed by atoms with Gasteiger partial charge >= 0.3 is 0 Å². The Bertz CT molecular complexity index is 889. The molecule has 0 saturated carbocycles. The number of hydrogen-bond acceptors (Lipinski definition) is 6. The third-order valence-corrected chi connectivity index (χ3v) is 5.61. The van der Waals surface area contributed by atoms with Gasteiger partial charge in [0.05, 0.1) is 31.2 Å². The molecule has 2 aliphatic rings. The number of hydrogen-bond donors (Lipinski definition) is 1. The minimum absolute atomic E-state index is 0.0352. The van der Waals surface area contributed by atoms with Gasteiger partial charge in [-0.15, -0.1) is 0 Å². The molecule has 0 radical (unpaired) electrons. The fourth-order valence-corrected chi connectivity index (χ4v) is 3.91. The molecule has 0 bridgehead atoms.